The quantitative estimate of drug-likeness (QED) is 0.611. The van der Waals surface area contributed by atoms with Crippen LogP contribution in [0.15, 0.2) is 24.3 Å². The van der Waals surface area contributed by atoms with Gasteiger partial charge in [0.25, 0.3) is 0 Å². The molecule has 1 aliphatic rings. The molecule has 1 heterocycles. The second kappa shape index (κ2) is 6.03. The topological polar surface area (TPSA) is 69.6 Å². The number of nitrogens with zero attached hydrogens (tertiary/aromatic N) is 1. The number of carbonyl (C=O) groups excluding carboxylic acids is 2. The van der Waals surface area contributed by atoms with Crippen molar-refractivity contribution < 1.29 is 14.7 Å². The zero-order chi connectivity index (χ0) is 13.7. The van der Waals surface area contributed by atoms with Crippen LogP contribution >= 0.6 is 0 Å². The summed E-state index contributed by atoms with van der Waals surface area (Å²) in [6.07, 6.45) is 0.428. The van der Waals surface area contributed by atoms with Crippen LogP contribution in [0.3, 0.4) is 0 Å². The first-order chi connectivity index (χ1) is 9.20. The third-order valence-electron chi connectivity index (χ3n) is 2.67. The van der Waals surface area contributed by atoms with Gasteiger partial charge in [0.2, 0.25) is 5.91 Å². The maximum atomic E-state index is 11.5. The molecule has 1 aromatic rings. The summed E-state index contributed by atoms with van der Waals surface area (Å²) < 4.78 is 0. The van der Waals surface area contributed by atoms with Crippen LogP contribution in [0.5, 0.6) is 0 Å². The number of carbonyl (C=O) groups is 2. The van der Waals surface area contributed by atoms with E-state index in [0.29, 0.717) is 6.42 Å². The molecular weight excluding hydrogens is 244 g/mol. The molecule has 1 fully saturated rings. The standard InChI is InChI=1S/C14H14N2O3/c17-7-2-1-4-11-5-3-6-12(8-11)10-16-13(18)9-15-14(16)19/h3,5-6,8,17H,2,7,9-10H2,(H,15,19). The van der Waals surface area contributed by atoms with E-state index in [-0.39, 0.29) is 31.6 Å². The average Bonchev–Trinajstić information content (AvgIpc) is 2.72. The number of aliphatic hydroxyl groups excluding tert-OH is 1. The predicted octanol–water partition coefficient (Wildman–Crippen LogP) is 0.472. The molecule has 19 heavy (non-hydrogen) atoms. The van der Waals surface area contributed by atoms with Crippen molar-refractivity contribution in [1.29, 1.82) is 0 Å². The highest BCUT2D eigenvalue weighted by Gasteiger charge is 2.28. The van der Waals surface area contributed by atoms with Crippen molar-refractivity contribution in [2.24, 2.45) is 0 Å². The largest absolute Gasteiger partial charge is 0.395 e. The molecule has 5 nitrogen and oxygen atoms in total. The number of hydrogen-bond donors (Lipinski definition) is 2. The van der Waals surface area contributed by atoms with Crippen LogP contribution in [0.1, 0.15) is 17.5 Å². The van der Waals surface area contributed by atoms with Crippen LogP contribution < -0.4 is 5.32 Å². The first-order valence-corrected chi connectivity index (χ1v) is 5.97. The minimum absolute atomic E-state index is 0.0368. The molecule has 3 amide bonds. The lowest BCUT2D eigenvalue weighted by atomic mass is 10.1. The SMILES string of the molecule is O=C1CNC(=O)N1Cc1cccc(C#CCCO)c1. The van der Waals surface area contributed by atoms with E-state index in [1.807, 2.05) is 24.3 Å². The van der Waals surface area contributed by atoms with E-state index in [0.717, 1.165) is 11.1 Å². The summed E-state index contributed by atoms with van der Waals surface area (Å²) in [6.45, 7) is 0.351. The van der Waals surface area contributed by atoms with E-state index in [9.17, 15) is 9.59 Å². The lowest BCUT2D eigenvalue weighted by Crippen LogP contribution is -2.30. The van der Waals surface area contributed by atoms with Gasteiger partial charge in [-0.25, -0.2) is 4.79 Å². The van der Waals surface area contributed by atoms with Gasteiger partial charge in [-0.05, 0) is 17.7 Å². The number of amides is 3. The molecule has 0 spiro atoms. The highest BCUT2D eigenvalue weighted by Crippen LogP contribution is 2.10. The highest BCUT2D eigenvalue weighted by molar-refractivity contribution is 6.01. The van der Waals surface area contributed by atoms with Gasteiger partial charge in [0.05, 0.1) is 19.7 Å². The lowest BCUT2D eigenvalue weighted by molar-refractivity contribution is -0.125. The normalized spacial score (nSPS) is 14.1. The molecule has 1 aliphatic heterocycles. The van der Waals surface area contributed by atoms with Crippen LogP contribution in [-0.4, -0.2) is 35.1 Å². The number of urea groups is 1. The minimum atomic E-state index is -0.359. The Morgan fingerprint density at radius 3 is 2.89 bits per heavy atom. The predicted molar refractivity (Wildman–Crippen MR) is 69.0 cm³/mol. The van der Waals surface area contributed by atoms with Crippen molar-refractivity contribution in [3.63, 3.8) is 0 Å². The van der Waals surface area contributed by atoms with Gasteiger partial charge in [-0.1, -0.05) is 24.0 Å². The molecule has 5 heteroatoms. The van der Waals surface area contributed by atoms with Crippen molar-refractivity contribution in [3.8, 4) is 11.8 Å². The highest BCUT2D eigenvalue weighted by atomic mass is 16.3. The van der Waals surface area contributed by atoms with Gasteiger partial charge in [0.15, 0.2) is 0 Å². The molecule has 0 bridgehead atoms. The van der Waals surface area contributed by atoms with Crippen molar-refractivity contribution in [3.05, 3.63) is 35.4 Å². The summed E-state index contributed by atoms with van der Waals surface area (Å²) in [7, 11) is 0. The third kappa shape index (κ3) is 3.33. The smallest absolute Gasteiger partial charge is 0.324 e. The second-order valence-electron chi connectivity index (χ2n) is 4.11. The minimum Gasteiger partial charge on any atom is -0.395 e. The molecule has 2 rings (SSSR count). The first-order valence-electron chi connectivity index (χ1n) is 5.97. The monoisotopic (exact) mass is 258 g/mol. The molecule has 0 unspecified atom stereocenters. The Kier molecular flexibility index (Phi) is 4.16. The average molecular weight is 258 g/mol. The van der Waals surface area contributed by atoms with Crippen LogP contribution in [-0.2, 0) is 11.3 Å². The Bertz CT molecular complexity index is 541. The molecular formula is C14H14N2O3. The molecule has 1 saturated heterocycles. The van der Waals surface area contributed by atoms with E-state index in [4.69, 9.17) is 5.11 Å². The molecule has 0 aliphatic carbocycles. The number of benzene rings is 1. The van der Waals surface area contributed by atoms with Gasteiger partial charge < -0.3 is 10.4 Å². The summed E-state index contributed by atoms with van der Waals surface area (Å²) in [4.78, 5) is 24.1. The van der Waals surface area contributed by atoms with Gasteiger partial charge in [-0.15, -0.1) is 0 Å². The Morgan fingerprint density at radius 2 is 2.21 bits per heavy atom. The van der Waals surface area contributed by atoms with E-state index in [1.165, 1.54) is 4.90 Å². The molecule has 98 valence electrons. The van der Waals surface area contributed by atoms with E-state index < -0.39 is 0 Å². The van der Waals surface area contributed by atoms with Crippen molar-refractivity contribution in [2.75, 3.05) is 13.2 Å². The molecule has 0 aromatic heterocycles. The zero-order valence-electron chi connectivity index (χ0n) is 10.3. The summed E-state index contributed by atoms with van der Waals surface area (Å²) in [6, 6.07) is 7.00. The number of imide groups is 1. The Morgan fingerprint density at radius 1 is 1.37 bits per heavy atom. The van der Waals surface area contributed by atoms with Crippen molar-refractivity contribution in [1.82, 2.24) is 10.2 Å². The summed E-state index contributed by atoms with van der Waals surface area (Å²) in [5, 5.41) is 11.1. The summed E-state index contributed by atoms with van der Waals surface area (Å²) in [5.41, 5.74) is 1.65. The van der Waals surface area contributed by atoms with Gasteiger partial charge in [0.1, 0.15) is 0 Å². The molecule has 0 saturated carbocycles. The fraction of sp³-hybridized carbons (Fsp3) is 0.286. The number of rotatable bonds is 3. The molecule has 1 aromatic carbocycles. The van der Waals surface area contributed by atoms with Crippen LogP contribution in [0.2, 0.25) is 0 Å². The van der Waals surface area contributed by atoms with Gasteiger partial charge in [0, 0.05) is 12.0 Å². The number of aliphatic hydroxyl groups is 1. The molecule has 0 atom stereocenters. The van der Waals surface area contributed by atoms with Gasteiger partial charge in [-0.2, -0.15) is 0 Å². The third-order valence-corrected chi connectivity index (χ3v) is 2.67. The fourth-order valence-electron chi connectivity index (χ4n) is 1.77. The van der Waals surface area contributed by atoms with Gasteiger partial charge >= 0.3 is 6.03 Å². The van der Waals surface area contributed by atoms with Gasteiger partial charge in [-0.3, -0.25) is 9.69 Å². The van der Waals surface area contributed by atoms with Crippen LogP contribution in [0, 0.1) is 11.8 Å². The first kappa shape index (κ1) is 13.1. The van der Waals surface area contributed by atoms with Crippen molar-refractivity contribution >= 4 is 11.9 Å². The van der Waals surface area contributed by atoms with E-state index in [2.05, 4.69) is 17.2 Å². The Balaban J connectivity index is 2.09. The number of hydrogen-bond acceptors (Lipinski definition) is 3. The zero-order valence-corrected chi connectivity index (χ0v) is 10.3. The maximum Gasteiger partial charge on any atom is 0.324 e. The number of nitrogens with one attached hydrogen (secondary N) is 1. The van der Waals surface area contributed by atoms with Crippen LogP contribution in [0.25, 0.3) is 0 Å². The summed E-state index contributed by atoms with van der Waals surface area (Å²) >= 11 is 0. The maximum absolute atomic E-state index is 11.5. The van der Waals surface area contributed by atoms with E-state index in [1.54, 1.807) is 0 Å². The lowest BCUT2D eigenvalue weighted by Gasteiger charge is -2.12. The molecule has 2 N–H and O–H groups in total. The fourth-order valence-corrected chi connectivity index (χ4v) is 1.77. The second-order valence-corrected chi connectivity index (χ2v) is 4.11. The van der Waals surface area contributed by atoms with Crippen LogP contribution in [0.4, 0.5) is 4.79 Å². The summed E-state index contributed by atoms with van der Waals surface area (Å²) in [5.74, 6) is 5.53. The Labute approximate surface area is 111 Å². The molecule has 0 radical (unpaired) electrons. The van der Waals surface area contributed by atoms with E-state index >= 15 is 0 Å². The Hall–Kier alpha value is -2.32. The van der Waals surface area contributed by atoms with Crippen molar-refractivity contribution in [2.45, 2.75) is 13.0 Å².